The van der Waals surface area contributed by atoms with Gasteiger partial charge >= 0.3 is 0 Å². The van der Waals surface area contributed by atoms with Crippen LogP contribution < -0.4 is 4.74 Å². The fourth-order valence-corrected chi connectivity index (χ4v) is 3.06. The number of fused-ring (bicyclic) bond motifs is 2. The summed E-state index contributed by atoms with van der Waals surface area (Å²) in [4.78, 5) is 2.52. The molecule has 1 aromatic carbocycles. The van der Waals surface area contributed by atoms with Gasteiger partial charge < -0.3 is 4.74 Å². The van der Waals surface area contributed by atoms with Crippen LogP contribution in [0.1, 0.15) is 24.8 Å². The van der Waals surface area contributed by atoms with Crippen molar-refractivity contribution in [3.63, 3.8) is 0 Å². The molecular formula is C15H19NO. The minimum Gasteiger partial charge on any atom is -0.497 e. The molecule has 0 aromatic heterocycles. The molecule has 2 aliphatic rings. The van der Waals surface area contributed by atoms with Crippen LogP contribution >= 0.6 is 0 Å². The fourth-order valence-electron chi connectivity index (χ4n) is 3.06. The molecule has 0 N–H and O–H groups in total. The van der Waals surface area contributed by atoms with Gasteiger partial charge in [-0.25, -0.2) is 0 Å². The first-order chi connectivity index (χ1) is 8.28. The predicted octanol–water partition coefficient (Wildman–Crippen LogP) is 2.95. The average molecular weight is 229 g/mol. The van der Waals surface area contributed by atoms with Crippen molar-refractivity contribution < 1.29 is 4.74 Å². The van der Waals surface area contributed by atoms with Crippen LogP contribution in [0.15, 0.2) is 30.3 Å². The summed E-state index contributed by atoms with van der Waals surface area (Å²) in [6.45, 7) is 0. The summed E-state index contributed by atoms with van der Waals surface area (Å²) >= 11 is 0. The largest absolute Gasteiger partial charge is 0.497 e. The summed E-state index contributed by atoms with van der Waals surface area (Å²) < 4.78 is 5.20. The highest BCUT2D eigenvalue weighted by Gasteiger charge is 2.33. The highest BCUT2D eigenvalue weighted by Crippen LogP contribution is 2.37. The van der Waals surface area contributed by atoms with Crippen LogP contribution in [-0.2, 0) is 0 Å². The van der Waals surface area contributed by atoms with E-state index in [-0.39, 0.29) is 0 Å². The molecule has 0 aliphatic carbocycles. The smallest absolute Gasteiger partial charge is 0.118 e. The molecule has 2 aliphatic heterocycles. The SMILES string of the molecule is COc1ccc(C2=C[C@H]3CC[C@@H](C2)N3C)cc1. The van der Waals surface area contributed by atoms with Gasteiger partial charge in [0.1, 0.15) is 5.75 Å². The Bertz CT molecular complexity index is 435. The zero-order valence-electron chi connectivity index (χ0n) is 10.5. The van der Waals surface area contributed by atoms with E-state index in [1.54, 1.807) is 7.11 Å². The quantitative estimate of drug-likeness (QED) is 0.773. The van der Waals surface area contributed by atoms with Crippen molar-refractivity contribution in [1.29, 1.82) is 0 Å². The van der Waals surface area contributed by atoms with Gasteiger partial charge in [0.05, 0.1) is 7.11 Å². The molecule has 2 atom stereocenters. The number of likely N-dealkylation sites (N-methyl/N-ethyl adjacent to an activating group) is 1. The monoisotopic (exact) mass is 229 g/mol. The summed E-state index contributed by atoms with van der Waals surface area (Å²) in [6, 6.07) is 9.87. The van der Waals surface area contributed by atoms with Gasteiger partial charge in [-0.1, -0.05) is 18.2 Å². The topological polar surface area (TPSA) is 12.5 Å². The maximum absolute atomic E-state index is 5.20. The lowest BCUT2D eigenvalue weighted by atomic mass is 9.95. The van der Waals surface area contributed by atoms with Crippen molar-refractivity contribution in [1.82, 2.24) is 4.90 Å². The number of nitrogens with zero attached hydrogens (tertiary/aromatic N) is 1. The molecular weight excluding hydrogens is 210 g/mol. The van der Waals surface area contributed by atoms with Gasteiger partial charge in [0.25, 0.3) is 0 Å². The molecule has 2 heterocycles. The van der Waals surface area contributed by atoms with Crippen molar-refractivity contribution in [3.05, 3.63) is 35.9 Å². The van der Waals surface area contributed by atoms with E-state index in [0.29, 0.717) is 6.04 Å². The standard InChI is InChI=1S/C15H19NO/c1-16-13-5-6-14(16)10-12(9-13)11-3-7-15(17-2)8-4-11/h3-4,7-9,13-14H,5-6,10H2,1-2H3/t13-,14+/m1/s1. The molecule has 2 bridgehead atoms. The van der Waals surface area contributed by atoms with Gasteiger partial charge in [-0.3, -0.25) is 4.90 Å². The van der Waals surface area contributed by atoms with Crippen LogP contribution in [0.3, 0.4) is 0 Å². The lowest BCUT2D eigenvalue weighted by Gasteiger charge is -2.30. The maximum Gasteiger partial charge on any atom is 0.118 e. The van der Waals surface area contributed by atoms with E-state index in [4.69, 9.17) is 4.74 Å². The maximum atomic E-state index is 5.20. The van der Waals surface area contributed by atoms with Crippen LogP contribution in [0.5, 0.6) is 5.75 Å². The Morgan fingerprint density at radius 1 is 1.18 bits per heavy atom. The molecule has 2 heteroatoms. The highest BCUT2D eigenvalue weighted by molar-refractivity contribution is 5.68. The Balaban J connectivity index is 1.87. The van der Waals surface area contributed by atoms with Gasteiger partial charge in [-0.2, -0.15) is 0 Å². The second-order valence-corrected chi connectivity index (χ2v) is 5.09. The van der Waals surface area contributed by atoms with Crippen LogP contribution in [0.2, 0.25) is 0 Å². The molecule has 0 amide bonds. The second kappa shape index (κ2) is 4.19. The number of rotatable bonds is 2. The third kappa shape index (κ3) is 1.87. The average Bonchev–Trinajstić information content (AvgIpc) is 2.61. The van der Waals surface area contributed by atoms with Crippen LogP contribution in [0, 0.1) is 0 Å². The summed E-state index contributed by atoms with van der Waals surface area (Å²) in [5.74, 6) is 0.935. The number of ether oxygens (including phenoxy) is 1. The van der Waals surface area contributed by atoms with E-state index in [1.165, 1.54) is 30.4 Å². The van der Waals surface area contributed by atoms with E-state index in [9.17, 15) is 0 Å². The van der Waals surface area contributed by atoms with Gasteiger partial charge in [0.2, 0.25) is 0 Å². The Morgan fingerprint density at radius 3 is 2.59 bits per heavy atom. The van der Waals surface area contributed by atoms with Crippen LogP contribution in [0.25, 0.3) is 5.57 Å². The third-order valence-corrected chi connectivity index (χ3v) is 4.20. The van der Waals surface area contributed by atoms with Crippen molar-refractivity contribution >= 4 is 5.57 Å². The van der Waals surface area contributed by atoms with Crippen molar-refractivity contribution in [3.8, 4) is 5.75 Å². The van der Waals surface area contributed by atoms with E-state index >= 15 is 0 Å². The number of benzene rings is 1. The summed E-state index contributed by atoms with van der Waals surface area (Å²) in [5.41, 5.74) is 2.87. The van der Waals surface area contributed by atoms with Gasteiger partial charge in [0, 0.05) is 12.1 Å². The van der Waals surface area contributed by atoms with E-state index in [0.717, 1.165) is 11.8 Å². The lowest BCUT2D eigenvalue weighted by molar-refractivity contribution is 0.264. The van der Waals surface area contributed by atoms with Crippen molar-refractivity contribution in [2.75, 3.05) is 14.2 Å². The molecule has 0 radical (unpaired) electrons. The summed E-state index contributed by atoms with van der Waals surface area (Å²) in [6.07, 6.45) is 6.31. The minimum atomic E-state index is 0.658. The molecule has 1 fully saturated rings. The Labute approximate surface area is 103 Å². The van der Waals surface area contributed by atoms with E-state index in [1.807, 2.05) is 0 Å². The molecule has 2 nitrogen and oxygen atoms in total. The predicted molar refractivity (Wildman–Crippen MR) is 70.2 cm³/mol. The Morgan fingerprint density at radius 2 is 1.94 bits per heavy atom. The first kappa shape index (κ1) is 10.8. The molecule has 1 aromatic rings. The second-order valence-electron chi connectivity index (χ2n) is 5.09. The van der Waals surface area contributed by atoms with Gasteiger partial charge in [0.15, 0.2) is 0 Å². The van der Waals surface area contributed by atoms with Gasteiger partial charge in [-0.15, -0.1) is 0 Å². The fraction of sp³-hybridized carbons (Fsp3) is 0.467. The molecule has 90 valence electrons. The number of hydrogen-bond acceptors (Lipinski definition) is 2. The zero-order chi connectivity index (χ0) is 11.8. The molecule has 0 spiro atoms. The summed E-state index contributed by atoms with van der Waals surface area (Å²) in [5, 5.41) is 0. The normalized spacial score (nSPS) is 28.0. The zero-order valence-corrected chi connectivity index (χ0v) is 10.5. The molecule has 0 saturated carbocycles. The molecule has 17 heavy (non-hydrogen) atoms. The van der Waals surface area contributed by atoms with Crippen LogP contribution in [-0.4, -0.2) is 31.1 Å². The molecule has 3 rings (SSSR count). The van der Waals surface area contributed by atoms with E-state index < -0.39 is 0 Å². The first-order valence-electron chi connectivity index (χ1n) is 6.35. The number of hydrogen-bond donors (Lipinski definition) is 0. The number of methoxy groups -OCH3 is 1. The van der Waals surface area contributed by atoms with Crippen LogP contribution in [0.4, 0.5) is 0 Å². The lowest BCUT2D eigenvalue weighted by Crippen LogP contribution is -2.34. The van der Waals surface area contributed by atoms with E-state index in [2.05, 4.69) is 42.3 Å². The minimum absolute atomic E-state index is 0.658. The van der Waals surface area contributed by atoms with Crippen molar-refractivity contribution in [2.45, 2.75) is 31.3 Å². The first-order valence-corrected chi connectivity index (χ1v) is 6.35. The van der Waals surface area contributed by atoms with Crippen molar-refractivity contribution in [2.24, 2.45) is 0 Å². The third-order valence-electron chi connectivity index (χ3n) is 4.20. The summed E-state index contributed by atoms with van der Waals surface area (Å²) in [7, 11) is 3.97. The Hall–Kier alpha value is -1.28. The van der Waals surface area contributed by atoms with Gasteiger partial charge in [-0.05, 0) is 49.6 Å². The highest BCUT2D eigenvalue weighted by atomic mass is 16.5. The Kier molecular flexibility index (Phi) is 2.67. The molecule has 0 unspecified atom stereocenters. The molecule has 1 saturated heterocycles.